The quantitative estimate of drug-likeness (QED) is 0.547. The minimum absolute atomic E-state index is 0.352. The minimum atomic E-state index is 0.352. The van der Waals surface area contributed by atoms with E-state index in [2.05, 4.69) is 12.2 Å². The normalized spacial score (nSPS) is 21.1. The molecule has 0 saturated heterocycles. The molecule has 0 fully saturated rings. The maximum absolute atomic E-state index is 11.2. The standard InChI is InChI=1S/C11H18O/c1-10(12)11-8-6-4-2-3-5-7-9-11/h2-3,11H,4-9H2,1H3. The molecule has 1 aliphatic carbocycles. The van der Waals surface area contributed by atoms with Gasteiger partial charge in [0.2, 0.25) is 0 Å². The summed E-state index contributed by atoms with van der Waals surface area (Å²) in [4.78, 5) is 11.2. The van der Waals surface area contributed by atoms with Gasteiger partial charge in [-0.3, -0.25) is 4.79 Å². The van der Waals surface area contributed by atoms with Gasteiger partial charge < -0.3 is 0 Å². The lowest BCUT2D eigenvalue weighted by Gasteiger charge is -2.10. The minimum Gasteiger partial charge on any atom is -0.300 e. The van der Waals surface area contributed by atoms with Crippen molar-refractivity contribution in [1.82, 2.24) is 0 Å². The first-order valence-electron chi connectivity index (χ1n) is 4.96. The summed E-state index contributed by atoms with van der Waals surface area (Å²) < 4.78 is 0. The molecular weight excluding hydrogens is 148 g/mol. The summed E-state index contributed by atoms with van der Waals surface area (Å²) in [6, 6.07) is 0. The van der Waals surface area contributed by atoms with E-state index in [1.54, 1.807) is 6.92 Å². The zero-order chi connectivity index (χ0) is 8.81. The summed E-state index contributed by atoms with van der Waals surface area (Å²) in [5.41, 5.74) is 0. The molecule has 0 aromatic rings. The molecule has 1 aliphatic rings. The summed E-state index contributed by atoms with van der Waals surface area (Å²) in [5.74, 6) is 0.738. The molecule has 0 amide bonds. The predicted octanol–water partition coefficient (Wildman–Crippen LogP) is 3.10. The van der Waals surface area contributed by atoms with E-state index in [1.807, 2.05) is 0 Å². The van der Waals surface area contributed by atoms with E-state index in [0.717, 1.165) is 25.7 Å². The highest BCUT2D eigenvalue weighted by Crippen LogP contribution is 2.19. The van der Waals surface area contributed by atoms with Crippen molar-refractivity contribution in [1.29, 1.82) is 0 Å². The maximum Gasteiger partial charge on any atom is 0.132 e. The van der Waals surface area contributed by atoms with Gasteiger partial charge in [0.15, 0.2) is 0 Å². The third-order valence-corrected chi connectivity index (χ3v) is 2.59. The Kier molecular flexibility index (Phi) is 4.06. The molecule has 0 spiro atoms. The first-order chi connectivity index (χ1) is 5.80. The molecule has 0 atom stereocenters. The number of Topliss-reactive ketones (excluding diaryl/α,β-unsaturated/α-hetero) is 1. The Bertz CT molecular complexity index is 158. The molecule has 1 rings (SSSR count). The summed E-state index contributed by atoms with van der Waals surface area (Å²) in [7, 11) is 0. The monoisotopic (exact) mass is 166 g/mol. The van der Waals surface area contributed by atoms with Gasteiger partial charge >= 0.3 is 0 Å². The zero-order valence-electron chi connectivity index (χ0n) is 7.88. The van der Waals surface area contributed by atoms with Crippen molar-refractivity contribution >= 4 is 5.78 Å². The Labute approximate surface area is 74.9 Å². The molecule has 1 heteroatoms. The molecule has 0 N–H and O–H groups in total. The molecule has 0 aromatic heterocycles. The van der Waals surface area contributed by atoms with E-state index in [-0.39, 0.29) is 0 Å². The average molecular weight is 166 g/mol. The van der Waals surface area contributed by atoms with Crippen LogP contribution in [0.3, 0.4) is 0 Å². The second kappa shape index (κ2) is 5.13. The van der Waals surface area contributed by atoms with Crippen LogP contribution in [0.15, 0.2) is 12.2 Å². The SMILES string of the molecule is CC(=O)C1CCCC=CCCC1. The first kappa shape index (κ1) is 9.50. The average Bonchev–Trinajstić information content (AvgIpc) is 2.15. The van der Waals surface area contributed by atoms with E-state index in [1.165, 1.54) is 12.8 Å². The number of rotatable bonds is 1. The smallest absolute Gasteiger partial charge is 0.132 e. The Morgan fingerprint density at radius 2 is 1.67 bits per heavy atom. The number of carbonyl (C=O) groups is 1. The van der Waals surface area contributed by atoms with Gasteiger partial charge in [-0.2, -0.15) is 0 Å². The zero-order valence-corrected chi connectivity index (χ0v) is 7.88. The molecule has 68 valence electrons. The fourth-order valence-corrected chi connectivity index (χ4v) is 1.75. The van der Waals surface area contributed by atoms with Gasteiger partial charge in [0.05, 0.1) is 0 Å². The van der Waals surface area contributed by atoms with Crippen LogP contribution in [0.2, 0.25) is 0 Å². The predicted molar refractivity (Wildman–Crippen MR) is 51.0 cm³/mol. The topological polar surface area (TPSA) is 17.1 Å². The Balaban J connectivity index is 2.39. The molecule has 0 unspecified atom stereocenters. The van der Waals surface area contributed by atoms with E-state index >= 15 is 0 Å². The van der Waals surface area contributed by atoms with Gasteiger partial charge in [0, 0.05) is 5.92 Å². The number of hydrogen-bond acceptors (Lipinski definition) is 1. The molecule has 0 saturated carbocycles. The number of allylic oxidation sites excluding steroid dienone is 2. The second-order valence-electron chi connectivity index (χ2n) is 3.64. The van der Waals surface area contributed by atoms with E-state index in [9.17, 15) is 4.79 Å². The molecule has 1 nitrogen and oxygen atoms in total. The number of ketones is 1. The summed E-state index contributed by atoms with van der Waals surface area (Å²) >= 11 is 0. The van der Waals surface area contributed by atoms with Gasteiger partial charge in [0.1, 0.15) is 5.78 Å². The fourth-order valence-electron chi connectivity index (χ4n) is 1.75. The molecule has 12 heavy (non-hydrogen) atoms. The van der Waals surface area contributed by atoms with E-state index in [4.69, 9.17) is 0 Å². The second-order valence-corrected chi connectivity index (χ2v) is 3.64. The van der Waals surface area contributed by atoms with E-state index in [0.29, 0.717) is 11.7 Å². The summed E-state index contributed by atoms with van der Waals surface area (Å²) in [6.07, 6.45) is 11.4. The number of carbonyl (C=O) groups excluding carboxylic acids is 1. The van der Waals surface area contributed by atoms with Crippen LogP contribution in [-0.4, -0.2) is 5.78 Å². The van der Waals surface area contributed by atoms with Crippen LogP contribution < -0.4 is 0 Å². The van der Waals surface area contributed by atoms with Crippen LogP contribution in [0, 0.1) is 5.92 Å². The van der Waals surface area contributed by atoms with Crippen molar-refractivity contribution in [3.8, 4) is 0 Å². The van der Waals surface area contributed by atoms with Gasteiger partial charge in [-0.25, -0.2) is 0 Å². The third kappa shape index (κ3) is 3.21. The van der Waals surface area contributed by atoms with Gasteiger partial charge in [-0.15, -0.1) is 0 Å². The molecule has 0 aromatic carbocycles. The van der Waals surface area contributed by atoms with Gasteiger partial charge in [-0.05, 0) is 45.4 Å². The number of hydrogen-bond donors (Lipinski definition) is 0. The molecule has 0 bridgehead atoms. The lowest BCUT2D eigenvalue weighted by Crippen LogP contribution is -2.10. The lowest BCUT2D eigenvalue weighted by atomic mass is 9.93. The van der Waals surface area contributed by atoms with Crippen LogP contribution in [-0.2, 0) is 4.79 Å². The first-order valence-corrected chi connectivity index (χ1v) is 4.96. The lowest BCUT2D eigenvalue weighted by molar-refractivity contribution is -0.121. The van der Waals surface area contributed by atoms with Crippen LogP contribution in [0.25, 0.3) is 0 Å². The highest BCUT2D eigenvalue weighted by Gasteiger charge is 2.13. The Morgan fingerprint density at radius 1 is 1.17 bits per heavy atom. The van der Waals surface area contributed by atoms with Crippen LogP contribution in [0.4, 0.5) is 0 Å². The summed E-state index contributed by atoms with van der Waals surface area (Å²) in [6.45, 7) is 1.73. The Morgan fingerprint density at radius 3 is 2.08 bits per heavy atom. The van der Waals surface area contributed by atoms with Crippen molar-refractivity contribution in [3.05, 3.63) is 12.2 Å². The van der Waals surface area contributed by atoms with Crippen molar-refractivity contribution in [2.75, 3.05) is 0 Å². The molecular formula is C11H18O. The van der Waals surface area contributed by atoms with Gasteiger partial charge in [0.25, 0.3) is 0 Å². The van der Waals surface area contributed by atoms with Gasteiger partial charge in [-0.1, -0.05) is 12.2 Å². The van der Waals surface area contributed by atoms with Crippen LogP contribution in [0.5, 0.6) is 0 Å². The maximum atomic E-state index is 11.2. The third-order valence-electron chi connectivity index (χ3n) is 2.59. The molecule has 0 aliphatic heterocycles. The van der Waals surface area contributed by atoms with Crippen molar-refractivity contribution in [2.45, 2.75) is 45.4 Å². The molecule has 0 radical (unpaired) electrons. The van der Waals surface area contributed by atoms with Crippen LogP contribution in [0.1, 0.15) is 45.4 Å². The van der Waals surface area contributed by atoms with Crippen molar-refractivity contribution in [2.24, 2.45) is 5.92 Å². The fraction of sp³-hybridized carbons (Fsp3) is 0.727. The highest BCUT2D eigenvalue weighted by molar-refractivity contribution is 5.78. The Hall–Kier alpha value is -0.590. The van der Waals surface area contributed by atoms with Crippen molar-refractivity contribution in [3.63, 3.8) is 0 Å². The van der Waals surface area contributed by atoms with E-state index < -0.39 is 0 Å². The largest absolute Gasteiger partial charge is 0.300 e. The molecule has 0 heterocycles. The summed E-state index contributed by atoms with van der Waals surface area (Å²) in [5, 5.41) is 0. The van der Waals surface area contributed by atoms with Crippen LogP contribution >= 0.6 is 0 Å². The highest BCUT2D eigenvalue weighted by atomic mass is 16.1. The van der Waals surface area contributed by atoms with Crippen molar-refractivity contribution < 1.29 is 4.79 Å².